The lowest BCUT2D eigenvalue weighted by Crippen LogP contribution is -2.52. The molecule has 1 aliphatic rings. The lowest BCUT2D eigenvalue weighted by molar-refractivity contribution is -0.139. The maximum absolute atomic E-state index is 13.3. The van der Waals surface area contributed by atoms with Gasteiger partial charge in [-0.3, -0.25) is 9.59 Å². The van der Waals surface area contributed by atoms with Gasteiger partial charge in [0.25, 0.3) is 0 Å². The highest BCUT2D eigenvalue weighted by atomic mass is 35.5. The first kappa shape index (κ1) is 24.7. The Labute approximate surface area is 201 Å². The molecule has 2 aromatic carbocycles. The molecule has 1 aliphatic carbocycles. The number of benzene rings is 2. The lowest BCUT2D eigenvalue weighted by Gasteiger charge is -2.32. The van der Waals surface area contributed by atoms with Crippen LogP contribution in [0.3, 0.4) is 0 Å². The predicted molar refractivity (Wildman–Crippen MR) is 134 cm³/mol. The van der Waals surface area contributed by atoms with Crippen LogP contribution in [0.4, 0.5) is 0 Å². The number of carbonyl (C=O) groups is 2. The lowest BCUT2D eigenvalue weighted by atomic mass is 9.95. The largest absolute Gasteiger partial charge is 0.352 e. The number of halogens is 1. The zero-order chi connectivity index (χ0) is 22.8. The normalized spacial score (nSPS) is 15.2. The number of carbonyl (C=O) groups excluding carboxylic acids is 2. The van der Waals surface area contributed by atoms with Crippen molar-refractivity contribution in [2.75, 3.05) is 5.75 Å². The summed E-state index contributed by atoms with van der Waals surface area (Å²) in [7, 11) is 0. The molecule has 1 N–H and O–H groups in total. The molecule has 0 heterocycles. The van der Waals surface area contributed by atoms with Crippen molar-refractivity contribution < 1.29 is 9.59 Å². The molecule has 1 saturated carbocycles. The summed E-state index contributed by atoms with van der Waals surface area (Å²) in [6.07, 6.45) is 6.20. The molecule has 0 bridgehead atoms. The van der Waals surface area contributed by atoms with E-state index in [1.54, 1.807) is 16.7 Å². The molecule has 6 heteroatoms. The van der Waals surface area contributed by atoms with E-state index in [9.17, 15) is 9.59 Å². The zero-order valence-electron chi connectivity index (χ0n) is 18.8. The van der Waals surface area contributed by atoms with Gasteiger partial charge in [0.15, 0.2) is 0 Å². The first-order valence-corrected chi connectivity index (χ1v) is 13.1. The minimum absolute atomic E-state index is 0.00785. The molecule has 0 radical (unpaired) electrons. The molecule has 0 unspecified atom stereocenters. The summed E-state index contributed by atoms with van der Waals surface area (Å²) < 4.78 is 0. The van der Waals surface area contributed by atoms with E-state index in [1.165, 1.54) is 12.0 Å². The number of amides is 2. The van der Waals surface area contributed by atoms with E-state index in [-0.39, 0.29) is 17.9 Å². The van der Waals surface area contributed by atoms with E-state index in [2.05, 4.69) is 17.4 Å². The highest BCUT2D eigenvalue weighted by Gasteiger charge is 2.30. The second-order valence-corrected chi connectivity index (χ2v) is 9.82. The Morgan fingerprint density at radius 3 is 2.38 bits per heavy atom. The number of hydrogen-bond donors (Lipinski definition) is 1. The van der Waals surface area contributed by atoms with Crippen molar-refractivity contribution in [3.63, 3.8) is 0 Å². The van der Waals surface area contributed by atoms with Crippen LogP contribution in [-0.2, 0) is 21.9 Å². The first-order chi connectivity index (χ1) is 15.6. The minimum Gasteiger partial charge on any atom is -0.352 e. The van der Waals surface area contributed by atoms with Crippen LogP contribution in [0, 0.1) is 0 Å². The average molecular weight is 473 g/mol. The van der Waals surface area contributed by atoms with Gasteiger partial charge in [-0.25, -0.2) is 0 Å². The summed E-state index contributed by atoms with van der Waals surface area (Å²) >= 11 is 7.63. The van der Waals surface area contributed by atoms with Crippen LogP contribution in [0.2, 0.25) is 5.02 Å². The highest BCUT2D eigenvalue weighted by molar-refractivity contribution is 7.99. The third-order valence-electron chi connectivity index (χ3n) is 5.94. The van der Waals surface area contributed by atoms with Crippen molar-refractivity contribution in [1.82, 2.24) is 10.2 Å². The molecule has 1 atom stereocenters. The summed E-state index contributed by atoms with van der Waals surface area (Å²) in [4.78, 5) is 28.2. The number of thioether (sulfide) groups is 1. The van der Waals surface area contributed by atoms with Gasteiger partial charge >= 0.3 is 0 Å². The Balaban J connectivity index is 1.69. The maximum Gasteiger partial charge on any atom is 0.243 e. The van der Waals surface area contributed by atoms with Gasteiger partial charge in [-0.05, 0) is 42.5 Å². The van der Waals surface area contributed by atoms with Crippen molar-refractivity contribution >= 4 is 35.2 Å². The summed E-state index contributed by atoms with van der Waals surface area (Å²) in [6.45, 7) is 2.38. The van der Waals surface area contributed by atoms with E-state index in [0.717, 1.165) is 37.0 Å². The Morgan fingerprint density at radius 2 is 1.72 bits per heavy atom. The van der Waals surface area contributed by atoms with Crippen LogP contribution in [0.15, 0.2) is 54.6 Å². The number of nitrogens with zero attached hydrogens (tertiary/aromatic N) is 1. The van der Waals surface area contributed by atoms with Gasteiger partial charge in [-0.2, -0.15) is 0 Å². The number of nitrogens with one attached hydrogen (secondary N) is 1. The summed E-state index contributed by atoms with van der Waals surface area (Å²) in [5.74, 6) is 1.07. The quantitative estimate of drug-likeness (QED) is 0.473. The van der Waals surface area contributed by atoms with Crippen LogP contribution in [-0.4, -0.2) is 34.6 Å². The van der Waals surface area contributed by atoms with Crippen LogP contribution >= 0.6 is 23.4 Å². The smallest absolute Gasteiger partial charge is 0.243 e. The Morgan fingerprint density at radius 1 is 1.03 bits per heavy atom. The molecular weight excluding hydrogens is 440 g/mol. The number of rotatable bonds is 10. The fourth-order valence-corrected chi connectivity index (χ4v) is 5.16. The first-order valence-electron chi connectivity index (χ1n) is 11.5. The van der Waals surface area contributed by atoms with Gasteiger partial charge < -0.3 is 10.2 Å². The van der Waals surface area contributed by atoms with Crippen LogP contribution in [0.5, 0.6) is 0 Å². The Bertz CT molecular complexity index is 854. The fourth-order valence-electron chi connectivity index (χ4n) is 4.16. The number of hydrogen-bond acceptors (Lipinski definition) is 3. The van der Waals surface area contributed by atoms with E-state index in [1.807, 2.05) is 49.4 Å². The Kier molecular flexibility index (Phi) is 9.94. The molecule has 1 fully saturated rings. The summed E-state index contributed by atoms with van der Waals surface area (Å²) in [5, 5.41) is 3.88. The summed E-state index contributed by atoms with van der Waals surface area (Å²) in [6, 6.07) is 17.4. The highest BCUT2D eigenvalue weighted by Crippen LogP contribution is 2.21. The van der Waals surface area contributed by atoms with Crippen LogP contribution in [0.25, 0.3) is 0 Å². The van der Waals surface area contributed by atoms with Gasteiger partial charge in [0.1, 0.15) is 6.04 Å². The molecule has 0 spiro atoms. The molecule has 172 valence electrons. The molecule has 0 aromatic heterocycles. The maximum atomic E-state index is 13.3. The molecule has 3 rings (SSSR count). The fraction of sp³-hybridized carbons (Fsp3) is 0.462. The van der Waals surface area contributed by atoms with Gasteiger partial charge in [0.05, 0.1) is 5.75 Å². The molecule has 0 saturated heterocycles. The third-order valence-corrected chi connectivity index (χ3v) is 7.18. The average Bonchev–Trinajstić information content (AvgIpc) is 2.81. The van der Waals surface area contributed by atoms with Crippen molar-refractivity contribution in [3.05, 3.63) is 70.7 Å². The molecular formula is C26H33ClN2O2S. The third kappa shape index (κ3) is 7.56. The molecule has 4 nitrogen and oxygen atoms in total. The van der Waals surface area contributed by atoms with Gasteiger partial charge in [0.2, 0.25) is 11.8 Å². The summed E-state index contributed by atoms with van der Waals surface area (Å²) in [5.41, 5.74) is 2.16. The van der Waals surface area contributed by atoms with E-state index >= 15 is 0 Å². The predicted octanol–water partition coefficient (Wildman–Crippen LogP) is 5.83. The molecule has 2 aromatic rings. The van der Waals surface area contributed by atoms with Gasteiger partial charge in [-0.15, -0.1) is 11.8 Å². The SMILES string of the molecule is CC[C@H](C(=O)NC1CCCCC1)N(Cc1ccc(Cl)cc1)C(=O)CSCc1ccccc1. The molecule has 2 amide bonds. The van der Waals surface area contributed by atoms with Gasteiger partial charge in [-0.1, -0.05) is 80.3 Å². The van der Waals surface area contributed by atoms with E-state index < -0.39 is 6.04 Å². The van der Waals surface area contributed by atoms with Crippen molar-refractivity contribution in [2.24, 2.45) is 0 Å². The monoisotopic (exact) mass is 472 g/mol. The topological polar surface area (TPSA) is 49.4 Å². The second kappa shape index (κ2) is 12.9. The van der Waals surface area contributed by atoms with Crippen molar-refractivity contribution in [1.29, 1.82) is 0 Å². The second-order valence-electron chi connectivity index (χ2n) is 8.39. The standard InChI is InChI=1S/C26H33ClN2O2S/c1-2-24(26(31)28-23-11-7-4-8-12-23)29(17-20-13-15-22(27)16-14-20)25(30)19-32-18-21-9-5-3-6-10-21/h3,5-6,9-10,13-16,23-24H,2,4,7-8,11-12,17-19H2,1H3,(H,28,31)/t24-/m1/s1. The molecule has 0 aliphatic heterocycles. The van der Waals surface area contributed by atoms with Crippen molar-refractivity contribution in [2.45, 2.75) is 69.8 Å². The van der Waals surface area contributed by atoms with Crippen LogP contribution < -0.4 is 5.32 Å². The minimum atomic E-state index is -0.475. The van der Waals surface area contributed by atoms with E-state index in [4.69, 9.17) is 11.6 Å². The Hall–Kier alpha value is -1.98. The zero-order valence-corrected chi connectivity index (χ0v) is 20.3. The van der Waals surface area contributed by atoms with Crippen molar-refractivity contribution in [3.8, 4) is 0 Å². The molecule has 32 heavy (non-hydrogen) atoms. The van der Waals surface area contributed by atoms with Crippen LogP contribution in [0.1, 0.15) is 56.6 Å². The van der Waals surface area contributed by atoms with E-state index in [0.29, 0.717) is 23.7 Å². The van der Waals surface area contributed by atoms with Gasteiger partial charge in [0, 0.05) is 23.4 Å².